The Hall–Kier alpha value is -2.11. The number of rotatable bonds is 5. The largest absolute Gasteiger partial charge is 0.493 e. The average Bonchev–Trinajstić information content (AvgIpc) is 3.22. The molecule has 1 aromatic heterocycles. The Kier molecular flexibility index (Phi) is 4.82. The number of aliphatic hydroxyl groups is 1. The summed E-state index contributed by atoms with van der Waals surface area (Å²) in [7, 11) is 3.35. The molecule has 27 heavy (non-hydrogen) atoms. The second kappa shape index (κ2) is 7.13. The van der Waals surface area contributed by atoms with E-state index in [2.05, 4.69) is 16.0 Å². The molecule has 1 N–H and O–H groups in total. The van der Waals surface area contributed by atoms with Gasteiger partial charge in [0, 0.05) is 37.3 Å². The third-order valence-electron chi connectivity index (χ3n) is 6.32. The molecule has 0 bridgehead atoms. The average molecular weight is 368 g/mol. The van der Waals surface area contributed by atoms with Crippen LogP contribution in [-0.2, 0) is 12.1 Å². The molecule has 5 heteroatoms. The van der Waals surface area contributed by atoms with Crippen LogP contribution in [0.5, 0.6) is 11.5 Å². The van der Waals surface area contributed by atoms with Crippen molar-refractivity contribution in [1.82, 2.24) is 9.88 Å². The van der Waals surface area contributed by atoms with Crippen molar-refractivity contribution in [3.63, 3.8) is 0 Å². The van der Waals surface area contributed by atoms with Gasteiger partial charge in [-0.15, -0.1) is 0 Å². The second-order valence-electron chi connectivity index (χ2n) is 7.85. The van der Waals surface area contributed by atoms with Crippen LogP contribution in [0.3, 0.4) is 0 Å². The van der Waals surface area contributed by atoms with Crippen molar-refractivity contribution in [3.8, 4) is 11.5 Å². The van der Waals surface area contributed by atoms with E-state index in [1.807, 2.05) is 31.2 Å². The molecule has 1 aliphatic carbocycles. The number of benzene rings is 1. The second-order valence-corrected chi connectivity index (χ2v) is 7.85. The fraction of sp³-hybridized carbons (Fsp3) is 0.500. The Morgan fingerprint density at radius 1 is 1.19 bits per heavy atom. The maximum Gasteiger partial charge on any atom is 0.165 e. The smallest absolute Gasteiger partial charge is 0.165 e. The summed E-state index contributed by atoms with van der Waals surface area (Å²) < 4.78 is 11.0. The van der Waals surface area contributed by atoms with Gasteiger partial charge in [0.15, 0.2) is 11.5 Å². The molecule has 0 unspecified atom stereocenters. The van der Waals surface area contributed by atoms with Crippen molar-refractivity contribution < 1.29 is 14.6 Å². The van der Waals surface area contributed by atoms with Crippen LogP contribution >= 0.6 is 0 Å². The molecule has 1 saturated heterocycles. The van der Waals surface area contributed by atoms with Gasteiger partial charge in [-0.05, 0) is 43.4 Å². The van der Waals surface area contributed by atoms with Crippen LogP contribution in [0.4, 0.5) is 0 Å². The van der Waals surface area contributed by atoms with Gasteiger partial charge in [0.25, 0.3) is 0 Å². The Balaban J connectivity index is 1.55. The van der Waals surface area contributed by atoms with E-state index in [-0.39, 0.29) is 5.92 Å². The Bertz CT molecular complexity index is 825. The first-order valence-corrected chi connectivity index (χ1v) is 9.63. The minimum atomic E-state index is -0.816. The van der Waals surface area contributed by atoms with Crippen LogP contribution in [0.15, 0.2) is 36.5 Å². The highest BCUT2D eigenvalue weighted by molar-refractivity contribution is 5.46. The van der Waals surface area contributed by atoms with Crippen LogP contribution in [0.2, 0.25) is 0 Å². The maximum atomic E-state index is 11.5. The number of nitrogens with zero attached hydrogens (tertiary/aromatic N) is 2. The Morgan fingerprint density at radius 2 is 2.04 bits per heavy atom. The third-order valence-corrected chi connectivity index (χ3v) is 6.32. The summed E-state index contributed by atoms with van der Waals surface area (Å²) in [6.45, 7) is 4.71. The van der Waals surface area contributed by atoms with Gasteiger partial charge in [0.05, 0.1) is 19.9 Å². The fourth-order valence-electron chi connectivity index (χ4n) is 5.07. The van der Waals surface area contributed by atoms with Crippen LogP contribution < -0.4 is 9.47 Å². The van der Waals surface area contributed by atoms with Gasteiger partial charge in [-0.1, -0.05) is 18.2 Å². The molecule has 2 aromatic rings. The van der Waals surface area contributed by atoms with Gasteiger partial charge in [-0.25, -0.2) is 0 Å². The van der Waals surface area contributed by atoms with Crippen molar-refractivity contribution in [2.45, 2.75) is 31.9 Å². The number of ether oxygens (including phenoxy) is 2. The first-order valence-electron chi connectivity index (χ1n) is 9.63. The zero-order chi connectivity index (χ0) is 19.0. The van der Waals surface area contributed by atoms with Gasteiger partial charge in [0.1, 0.15) is 5.60 Å². The number of aromatic nitrogens is 1. The predicted molar refractivity (Wildman–Crippen MR) is 104 cm³/mol. The number of hydrogen-bond acceptors (Lipinski definition) is 5. The minimum Gasteiger partial charge on any atom is -0.493 e. The summed E-state index contributed by atoms with van der Waals surface area (Å²) in [6.07, 6.45) is 3.64. The molecule has 2 aliphatic rings. The van der Waals surface area contributed by atoms with Crippen molar-refractivity contribution in [1.29, 1.82) is 0 Å². The number of methoxy groups -OCH3 is 2. The number of likely N-dealkylation sites (tertiary alicyclic amines) is 1. The Morgan fingerprint density at radius 3 is 2.78 bits per heavy atom. The van der Waals surface area contributed by atoms with E-state index in [1.165, 1.54) is 0 Å². The fourth-order valence-corrected chi connectivity index (χ4v) is 5.07. The van der Waals surface area contributed by atoms with Gasteiger partial charge < -0.3 is 14.6 Å². The van der Waals surface area contributed by atoms with E-state index in [1.54, 1.807) is 20.4 Å². The number of para-hydroxylation sites is 1. The summed E-state index contributed by atoms with van der Waals surface area (Å²) in [6, 6.07) is 9.99. The topological polar surface area (TPSA) is 54.8 Å². The van der Waals surface area contributed by atoms with Crippen LogP contribution in [-0.4, -0.2) is 42.3 Å². The molecular weight excluding hydrogens is 340 g/mol. The number of fused-ring (bicyclic) bond motifs is 1. The van der Waals surface area contributed by atoms with Crippen molar-refractivity contribution >= 4 is 0 Å². The van der Waals surface area contributed by atoms with E-state index in [0.29, 0.717) is 5.92 Å². The van der Waals surface area contributed by atoms with E-state index in [9.17, 15) is 5.11 Å². The molecule has 144 valence electrons. The highest BCUT2D eigenvalue weighted by atomic mass is 16.5. The molecule has 2 heterocycles. The highest BCUT2D eigenvalue weighted by Gasteiger charge is 2.53. The number of pyridine rings is 1. The molecule has 4 rings (SSSR count). The molecule has 5 nitrogen and oxygen atoms in total. The molecule has 0 amide bonds. The molecule has 2 fully saturated rings. The van der Waals surface area contributed by atoms with Gasteiger partial charge in [0.2, 0.25) is 0 Å². The number of hydrogen-bond donors (Lipinski definition) is 1. The molecule has 1 aliphatic heterocycles. The maximum absolute atomic E-state index is 11.5. The normalized spacial score (nSPS) is 27.6. The summed E-state index contributed by atoms with van der Waals surface area (Å²) in [5.74, 6) is 2.29. The number of aryl methyl sites for hydroxylation is 1. The lowest BCUT2D eigenvalue weighted by atomic mass is 9.83. The lowest BCUT2D eigenvalue weighted by molar-refractivity contribution is -0.0114. The van der Waals surface area contributed by atoms with Crippen LogP contribution in [0.1, 0.15) is 29.7 Å². The summed E-state index contributed by atoms with van der Waals surface area (Å²) in [5.41, 5.74) is 2.24. The van der Waals surface area contributed by atoms with Gasteiger partial charge in [-0.3, -0.25) is 9.88 Å². The monoisotopic (exact) mass is 368 g/mol. The quantitative estimate of drug-likeness (QED) is 0.879. The van der Waals surface area contributed by atoms with Crippen molar-refractivity contribution in [3.05, 3.63) is 53.3 Å². The molecular formula is C22H28N2O3. The molecule has 1 aromatic carbocycles. The van der Waals surface area contributed by atoms with Crippen LogP contribution in [0, 0.1) is 18.8 Å². The first kappa shape index (κ1) is 18.3. The van der Waals surface area contributed by atoms with Crippen molar-refractivity contribution in [2.24, 2.45) is 11.8 Å². The molecule has 1 saturated carbocycles. The molecule has 0 spiro atoms. The predicted octanol–water partition coefficient (Wildman–Crippen LogP) is 3.14. The Labute approximate surface area is 160 Å². The minimum absolute atomic E-state index is 0.225. The lowest BCUT2D eigenvalue weighted by Crippen LogP contribution is -2.36. The summed E-state index contributed by atoms with van der Waals surface area (Å²) >= 11 is 0. The van der Waals surface area contributed by atoms with E-state index >= 15 is 0 Å². The lowest BCUT2D eigenvalue weighted by Gasteiger charge is -2.31. The van der Waals surface area contributed by atoms with Gasteiger partial charge >= 0.3 is 0 Å². The summed E-state index contributed by atoms with van der Waals surface area (Å²) in [4.78, 5) is 6.97. The van der Waals surface area contributed by atoms with E-state index in [0.717, 1.165) is 60.8 Å². The summed E-state index contributed by atoms with van der Waals surface area (Å²) in [5, 5.41) is 11.5. The van der Waals surface area contributed by atoms with Crippen LogP contribution in [0.25, 0.3) is 0 Å². The SMILES string of the molecule is COc1cccc(CN2C[C@@H]3CC[C@@](O)(c4ncccc4C)[C@@H]3C2)c1OC. The zero-order valence-electron chi connectivity index (χ0n) is 16.3. The third kappa shape index (κ3) is 3.09. The van der Waals surface area contributed by atoms with E-state index in [4.69, 9.17) is 9.47 Å². The standard InChI is InChI=1S/C22H28N2O3/c1-15-6-5-11-23-21(15)22(25)10-9-16-12-24(14-18(16)22)13-17-7-4-8-19(26-2)20(17)27-3/h4-8,11,16,18,25H,9-10,12-14H2,1-3H3/t16-,18+,22-/m0/s1. The zero-order valence-corrected chi connectivity index (χ0v) is 16.3. The molecule has 3 atom stereocenters. The van der Waals surface area contributed by atoms with E-state index < -0.39 is 5.60 Å². The van der Waals surface area contributed by atoms with Gasteiger partial charge in [-0.2, -0.15) is 0 Å². The highest BCUT2D eigenvalue weighted by Crippen LogP contribution is 2.51. The van der Waals surface area contributed by atoms with Crippen molar-refractivity contribution in [2.75, 3.05) is 27.3 Å². The first-order chi connectivity index (χ1) is 13.1. The molecule has 0 radical (unpaired) electrons.